The molecule has 33 heavy (non-hydrogen) atoms. The first-order chi connectivity index (χ1) is 15.9. The maximum atomic E-state index is 12.7. The van der Waals surface area contributed by atoms with Gasteiger partial charge in [-0.2, -0.15) is 0 Å². The molecule has 0 aliphatic heterocycles. The van der Waals surface area contributed by atoms with Crippen molar-refractivity contribution in [2.24, 2.45) is 0 Å². The van der Waals surface area contributed by atoms with E-state index in [1.165, 1.54) is 12.1 Å². The lowest BCUT2D eigenvalue weighted by Gasteiger charge is -2.12. The molecule has 0 fully saturated rings. The number of sulfonamides is 1. The third-order valence-electron chi connectivity index (χ3n) is 4.50. The maximum absolute atomic E-state index is 12.7. The van der Waals surface area contributed by atoms with Gasteiger partial charge in [0.25, 0.3) is 10.0 Å². The van der Waals surface area contributed by atoms with Gasteiger partial charge >= 0.3 is 0 Å². The Balaban J connectivity index is 1.54. The van der Waals surface area contributed by atoms with Crippen molar-refractivity contribution in [1.29, 1.82) is 0 Å². The van der Waals surface area contributed by atoms with E-state index in [0.29, 0.717) is 36.8 Å². The number of carbonyl (C=O) groups is 1. The monoisotopic (exact) mass is 488 g/mol. The smallest absolute Gasteiger partial charge is 0.262 e. The summed E-state index contributed by atoms with van der Waals surface area (Å²) >= 11 is 6.04. The largest absolute Gasteiger partial charge is 0.490 e. The van der Waals surface area contributed by atoms with Crippen molar-refractivity contribution in [3.8, 4) is 11.5 Å². The van der Waals surface area contributed by atoms with E-state index in [1.807, 2.05) is 31.2 Å². The molecule has 0 atom stereocenters. The van der Waals surface area contributed by atoms with Crippen molar-refractivity contribution < 1.29 is 22.7 Å². The first kappa shape index (κ1) is 24.4. The fourth-order valence-corrected chi connectivity index (χ4v) is 4.34. The highest BCUT2D eigenvalue weighted by molar-refractivity contribution is 7.92. The number of halogens is 1. The van der Waals surface area contributed by atoms with Crippen LogP contribution in [-0.2, 0) is 14.8 Å². The van der Waals surface area contributed by atoms with Crippen molar-refractivity contribution in [2.75, 3.05) is 23.3 Å². The molecule has 7 nitrogen and oxygen atoms in total. The second-order valence-corrected chi connectivity index (χ2v) is 9.08. The van der Waals surface area contributed by atoms with E-state index in [9.17, 15) is 13.2 Å². The lowest BCUT2D eigenvalue weighted by atomic mass is 10.2. The van der Waals surface area contributed by atoms with E-state index in [0.717, 1.165) is 0 Å². The van der Waals surface area contributed by atoms with Gasteiger partial charge in [-0.1, -0.05) is 41.9 Å². The quantitative estimate of drug-likeness (QED) is 0.355. The van der Waals surface area contributed by atoms with E-state index in [1.54, 1.807) is 36.4 Å². The summed E-state index contributed by atoms with van der Waals surface area (Å²) in [5.74, 6) is 1.04. The van der Waals surface area contributed by atoms with Crippen molar-refractivity contribution in [2.45, 2.75) is 24.7 Å². The molecule has 1 amide bonds. The first-order valence-corrected chi connectivity index (χ1v) is 12.3. The predicted molar refractivity (Wildman–Crippen MR) is 130 cm³/mol. The predicted octanol–water partition coefficient (Wildman–Crippen LogP) is 5.34. The average Bonchev–Trinajstić information content (AvgIpc) is 2.79. The minimum absolute atomic E-state index is 0.0103. The molecule has 3 aromatic carbocycles. The number of anilines is 2. The Morgan fingerprint density at radius 3 is 2.36 bits per heavy atom. The molecule has 174 valence electrons. The van der Waals surface area contributed by atoms with Gasteiger partial charge in [0.1, 0.15) is 0 Å². The molecule has 0 saturated carbocycles. The summed E-state index contributed by atoms with van der Waals surface area (Å²) in [6, 6.07) is 19.9. The molecule has 2 N–H and O–H groups in total. The van der Waals surface area contributed by atoms with Crippen molar-refractivity contribution in [1.82, 2.24) is 0 Å². The molecule has 0 spiro atoms. The number of ether oxygens (including phenoxy) is 2. The summed E-state index contributed by atoms with van der Waals surface area (Å²) in [5, 5.41) is 3.01. The molecule has 9 heteroatoms. The number of para-hydroxylation sites is 3. The van der Waals surface area contributed by atoms with Gasteiger partial charge in [-0.25, -0.2) is 8.42 Å². The molecule has 3 aromatic rings. The highest BCUT2D eigenvalue weighted by Gasteiger charge is 2.16. The lowest BCUT2D eigenvalue weighted by Crippen LogP contribution is -2.15. The number of amides is 1. The topological polar surface area (TPSA) is 93.7 Å². The summed E-state index contributed by atoms with van der Waals surface area (Å²) in [6.45, 7) is 2.77. The summed E-state index contributed by atoms with van der Waals surface area (Å²) < 4.78 is 39.1. The van der Waals surface area contributed by atoms with E-state index in [4.69, 9.17) is 21.1 Å². The second-order valence-electron chi connectivity index (χ2n) is 6.99. The van der Waals surface area contributed by atoms with Crippen molar-refractivity contribution in [3.63, 3.8) is 0 Å². The van der Waals surface area contributed by atoms with Crippen LogP contribution >= 0.6 is 11.6 Å². The van der Waals surface area contributed by atoms with Gasteiger partial charge in [0.15, 0.2) is 11.5 Å². The van der Waals surface area contributed by atoms with Crippen LogP contribution in [0.1, 0.15) is 19.8 Å². The highest BCUT2D eigenvalue weighted by Crippen LogP contribution is 2.27. The van der Waals surface area contributed by atoms with Crippen LogP contribution in [0.25, 0.3) is 0 Å². The molecule has 0 bridgehead atoms. The number of benzene rings is 3. The van der Waals surface area contributed by atoms with Crippen molar-refractivity contribution >= 4 is 38.9 Å². The molecular formula is C24H25ClN2O5S. The van der Waals surface area contributed by atoms with Gasteiger partial charge in [0, 0.05) is 12.1 Å². The van der Waals surface area contributed by atoms with Gasteiger partial charge in [-0.15, -0.1) is 0 Å². The van der Waals surface area contributed by atoms with Crippen LogP contribution in [0.3, 0.4) is 0 Å². The molecule has 0 aliphatic rings. The summed E-state index contributed by atoms with van der Waals surface area (Å²) in [7, 11) is -3.87. The number of carbonyl (C=O) groups excluding carboxylic acids is 1. The summed E-state index contributed by atoms with van der Waals surface area (Å²) in [5.41, 5.74) is 0.657. The maximum Gasteiger partial charge on any atom is 0.262 e. The Labute approximate surface area is 198 Å². The minimum atomic E-state index is -3.87. The highest BCUT2D eigenvalue weighted by atomic mass is 35.5. The van der Waals surface area contributed by atoms with Gasteiger partial charge in [-0.05, 0) is 55.8 Å². The third-order valence-corrected chi connectivity index (χ3v) is 6.19. The van der Waals surface area contributed by atoms with Crippen LogP contribution in [0.5, 0.6) is 11.5 Å². The average molecular weight is 489 g/mol. The van der Waals surface area contributed by atoms with Gasteiger partial charge in [0.05, 0.1) is 28.8 Å². The van der Waals surface area contributed by atoms with Gasteiger partial charge < -0.3 is 14.8 Å². The Hall–Kier alpha value is -3.23. The zero-order valence-electron chi connectivity index (χ0n) is 18.1. The number of hydrogen-bond donors (Lipinski definition) is 2. The lowest BCUT2D eigenvalue weighted by molar-refractivity contribution is -0.116. The number of hydrogen-bond acceptors (Lipinski definition) is 5. The minimum Gasteiger partial charge on any atom is -0.490 e. The van der Waals surface area contributed by atoms with Crippen LogP contribution in [0.2, 0.25) is 5.02 Å². The molecule has 0 aromatic heterocycles. The molecule has 0 saturated heterocycles. The molecular weight excluding hydrogens is 464 g/mol. The Morgan fingerprint density at radius 1 is 0.939 bits per heavy atom. The standard InChI is InChI=1S/C24H25ClN2O5S/c1-2-31-22-13-5-6-14-23(22)32-16-8-15-24(28)26-18-9-7-10-19(17-18)33(29,30)27-21-12-4-3-11-20(21)25/h3-7,9-14,17,27H,2,8,15-16H2,1H3,(H,26,28). The third kappa shape index (κ3) is 7.13. The van der Waals surface area contributed by atoms with Crippen LogP contribution in [0, 0.1) is 0 Å². The molecule has 0 unspecified atom stereocenters. The SMILES string of the molecule is CCOc1ccccc1OCCCC(=O)Nc1cccc(S(=O)(=O)Nc2ccccc2Cl)c1. The zero-order valence-corrected chi connectivity index (χ0v) is 19.7. The molecule has 0 aliphatic carbocycles. The summed E-state index contributed by atoms with van der Waals surface area (Å²) in [4.78, 5) is 12.3. The number of rotatable bonds is 11. The fraction of sp³-hybridized carbons (Fsp3) is 0.208. The van der Waals surface area contributed by atoms with E-state index in [2.05, 4.69) is 10.0 Å². The van der Waals surface area contributed by atoms with Crippen LogP contribution < -0.4 is 19.5 Å². The van der Waals surface area contributed by atoms with E-state index >= 15 is 0 Å². The molecule has 3 rings (SSSR count). The fourth-order valence-electron chi connectivity index (χ4n) is 2.97. The Kier molecular flexibility index (Phi) is 8.57. The van der Waals surface area contributed by atoms with Crippen LogP contribution in [0.4, 0.5) is 11.4 Å². The molecule has 0 radical (unpaired) electrons. The van der Waals surface area contributed by atoms with E-state index < -0.39 is 10.0 Å². The Bertz CT molecular complexity index is 1200. The van der Waals surface area contributed by atoms with Crippen LogP contribution in [-0.4, -0.2) is 27.5 Å². The zero-order chi connectivity index (χ0) is 23.7. The second kappa shape index (κ2) is 11.6. The van der Waals surface area contributed by atoms with E-state index in [-0.39, 0.29) is 27.9 Å². The van der Waals surface area contributed by atoms with Crippen molar-refractivity contribution in [3.05, 3.63) is 77.8 Å². The molecule has 0 heterocycles. The first-order valence-electron chi connectivity index (χ1n) is 10.4. The normalized spacial score (nSPS) is 11.0. The van der Waals surface area contributed by atoms with Gasteiger partial charge in [0.2, 0.25) is 5.91 Å². The number of nitrogens with one attached hydrogen (secondary N) is 2. The van der Waals surface area contributed by atoms with Gasteiger partial charge in [-0.3, -0.25) is 9.52 Å². The Morgan fingerprint density at radius 2 is 1.64 bits per heavy atom. The summed E-state index contributed by atoms with van der Waals surface area (Å²) in [6.07, 6.45) is 0.698. The van der Waals surface area contributed by atoms with Crippen LogP contribution in [0.15, 0.2) is 77.7 Å².